The Balaban J connectivity index is 0. The van der Waals surface area contributed by atoms with E-state index in [-0.39, 0.29) is 9.76 Å². The van der Waals surface area contributed by atoms with Crippen molar-refractivity contribution in [3.05, 3.63) is 36.8 Å². The summed E-state index contributed by atoms with van der Waals surface area (Å²) in [4.78, 5) is 0. The maximum Gasteiger partial charge on any atom is 0.212 e. The van der Waals surface area contributed by atoms with Crippen molar-refractivity contribution in [2.24, 2.45) is 0 Å². The highest BCUT2D eigenvalue weighted by atomic mass is 28.3. The summed E-state index contributed by atoms with van der Waals surface area (Å²) in [6, 6.07) is 0. The van der Waals surface area contributed by atoms with Crippen molar-refractivity contribution in [1.82, 2.24) is 0 Å². The van der Waals surface area contributed by atoms with Gasteiger partial charge in [0.05, 0.1) is 0 Å². The lowest BCUT2D eigenvalue weighted by Gasteiger charge is -1.97. The van der Waals surface area contributed by atoms with E-state index in [2.05, 4.69) is 19.7 Å². The fraction of sp³-hybridized carbons (Fsp3) is 0. The number of rotatable bonds is 5. The van der Waals surface area contributed by atoms with Gasteiger partial charge in [0.15, 0.2) is 9.76 Å². The van der Waals surface area contributed by atoms with Gasteiger partial charge in [0.2, 0.25) is 9.04 Å². The summed E-state index contributed by atoms with van der Waals surface area (Å²) in [5, 5.41) is 0. The van der Waals surface area contributed by atoms with Crippen LogP contribution >= 0.6 is 0 Å². The first-order chi connectivity index (χ1) is 5.76. The topological polar surface area (TPSA) is 18.5 Å². The van der Waals surface area contributed by atoms with E-state index in [1.165, 1.54) is 0 Å². The third-order valence-corrected chi connectivity index (χ3v) is 5.70. The van der Waals surface area contributed by atoms with Crippen LogP contribution in [0.3, 0.4) is 0 Å². The molecule has 6 heteroatoms. The molecule has 0 aromatic carbocycles. The normalized spacial score (nSPS) is 9.75. The average molecular weight is 235 g/mol. The molecular weight excluding hydrogens is 216 g/mol. The zero-order chi connectivity index (χ0) is 9.82. The molecule has 0 aromatic heterocycles. The molecule has 0 fully saturated rings. The van der Waals surface area contributed by atoms with E-state index in [4.69, 9.17) is 8.23 Å². The van der Waals surface area contributed by atoms with Crippen LogP contribution in [-0.2, 0) is 8.23 Å². The highest BCUT2D eigenvalue weighted by Gasteiger charge is 1.91. The fourth-order valence-corrected chi connectivity index (χ4v) is 3.08. The van der Waals surface area contributed by atoms with Crippen LogP contribution in [0, 0.1) is 0 Å². The molecular formula is C6H18O2Si4. The van der Waals surface area contributed by atoms with Gasteiger partial charge in [-0.3, -0.25) is 0 Å². The van der Waals surface area contributed by atoms with E-state index in [0.717, 1.165) is 21.0 Å². The van der Waals surface area contributed by atoms with E-state index < -0.39 is 9.04 Å². The molecule has 0 bridgehead atoms. The highest BCUT2D eigenvalue weighted by molar-refractivity contribution is 6.65. The molecule has 0 N–H and O–H groups in total. The second kappa shape index (κ2) is 13.6. The molecule has 2 nitrogen and oxygen atoms in total. The van der Waals surface area contributed by atoms with Crippen molar-refractivity contribution in [2.45, 2.75) is 0 Å². The molecule has 0 heterocycles. The quantitative estimate of drug-likeness (QED) is 0.511. The first kappa shape index (κ1) is 14.5. The molecule has 0 rings (SSSR count). The van der Waals surface area contributed by atoms with Crippen LogP contribution in [-0.4, -0.2) is 39.8 Å². The van der Waals surface area contributed by atoms with Gasteiger partial charge in [0.25, 0.3) is 0 Å². The third-order valence-electron chi connectivity index (χ3n) is 1.02. The summed E-state index contributed by atoms with van der Waals surface area (Å²) >= 11 is 0. The zero-order valence-corrected chi connectivity index (χ0v) is 14.5. The van der Waals surface area contributed by atoms with Crippen molar-refractivity contribution in [3.63, 3.8) is 0 Å². The van der Waals surface area contributed by atoms with E-state index in [1.807, 2.05) is 17.1 Å². The summed E-state index contributed by atoms with van der Waals surface area (Å²) in [7, 11) is 0.376. The lowest BCUT2D eigenvalue weighted by atomic mass is 11.2. The smallest absolute Gasteiger partial charge is 0.212 e. The largest absolute Gasteiger partial charge is 0.465 e. The minimum absolute atomic E-state index is 0.242. The van der Waals surface area contributed by atoms with Gasteiger partial charge in [-0.05, 0) is 0 Å². The van der Waals surface area contributed by atoms with E-state index in [9.17, 15) is 0 Å². The van der Waals surface area contributed by atoms with E-state index in [0.29, 0.717) is 0 Å². The lowest BCUT2D eigenvalue weighted by molar-refractivity contribution is 0.659. The van der Waals surface area contributed by atoms with Crippen LogP contribution in [0.25, 0.3) is 0 Å². The van der Waals surface area contributed by atoms with Crippen LogP contribution in [0.15, 0.2) is 36.8 Å². The van der Waals surface area contributed by atoms with Gasteiger partial charge in [0.1, 0.15) is 21.0 Å². The molecule has 0 aliphatic rings. The monoisotopic (exact) mass is 234 g/mol. The first-order valence-corrected chi connectivity index (χ1v) is 8.47. The van der Waals surface area contributed by atoms with Gasteiger partial charge in [0, 0.05) is 0 Å². The minimum atomic E-state index is -1.08. The molecule has 0 saturated heterocycles. The van der Waals surface area contributed by atoms with Gasteiger partial charge < -0.3 is 8.23 Å². The lowest BCUT2D eigenvalue weighted by Crippen LogP contribution is -2.08. The Bertz CT molecular complexity index is 121. The Kier molecular flexibility index (Phi) is 16.4. The van der Waals surface area contributed by atoms with Gasteiger partial charge >= 0.3 is 0 Å². The molecule has 0 aromatic rings. The summed E-state index contributed by atoms with van der Waals surface area (Å²) in [5.74, 6) is 0. The fourth-order valence-electron chi connectivity index (χ4n) is 0.407. The summed E-state index contributed by atoms with van der Waals surface area (Å²) < 4.78 is 9.94. The Morgan fingerprint density at radius 2 is 1.67 bits per heavy atom. The standard InChI is InChI=1S/C4H10OSi2.C2H8OSi2/c1-3-7(4-2)5-6;1-2-5-3-4/h3-4,7H,1-2H2,6H3;2H,1,5H2,4H3. The molecule has 12 heavy (non-hydrogen) atoms. The number of hydrogen-bond donors (Lipinski definition) is 0. The summed E-state index contributed by atoms with van der Waals surface area (Å²) in [5.41, 5.74) is 5.60. The van der Waals surface area contributed by atoms with Crippen LogP contribution in [0.4, 0.5) is 0 Å². The second-order valence-corrected chi connectivity index (χ2v) is 8.89. The molecule has 0 saturated carbocycles. The average Bonchev–Trinajstić information content (AvgIpc) is 2.10. The molecule has 0 aliphatic carbocycles. The minimum Gasteiger partial charge on any atom is -0.465 e. The van der Waals surface area contributed by atoms with Gasteiger partial charge in [-0.2, -0.15) is 0 Å². The molecule has 0 amide bonds. The summed E-state index contributed by atoms with van der Waals surface area (Å²) in [6.45, 7) is 10.7. The maximum absolute atomic E-state index is 5.09. The molecule has 0 atom stereocenters. The van der Waals surface area contributed by atoms with Crippen molar-refractivity contribution in [1.29, 1.82) is 0 Å². The second-order valence-electron chi connectivity index (χ2n) is 1.92. The highest BCUT2D eigenvalue weighted by Crippen LogP contribution is 1.81. The Hall–Kier alpha value is 0.00753. The molecule has 0 radical (unpaired) electrons. The van der Waals surface area contributed by atoms with Crippen molar-refractivity contribution < 1.29 is 8.23 Å². The van der Waals surface area contributed by atoms with Gasteiger partial charge in [-0.15, -0.1) is 19.7 Å². The van der Waals surface area contributed by atoms with Crippen LogP contribution in [0.5, 0.6) is 0 Å². The van der Waals surface area contributed by atoms with Gasteiger partial charge in [-0.1, -0.05) is 17.1 Å². The van der Waals surface area contributed by atoms with Crippen molar-refractivity contribution in [3.8, 4) is 0 Å². The Labute approximate surface area is 85.1 Å². The molecule has 70 valence electrons. The first-order valence-electron chi connectivity index (χ1n) is 3.64. The Morgan fingerprint density at radius 3 is 1.67 bits per heavy atom. The SMILES string of the molecule is C=C[SiH2]O[SiH3].C=C[SiH](C=C)O[SiH3]. The van der Waals surface area contributed by atoms with Crippen LogP contribution in [0.2, 0.25) is 0 Å². The van der Waals surface area contributed by atoms with Crippen LogP contribution < -0.4 is 0 Å². The maximum atomic E-state index is 5.09. The molecule has 0 unspecified atom stereocenters. The van der Waals surface area contributed by atoms with Gasteiger partial charge in [-0.25, -0.2) is 0 Å². The van der Waals surface area contributed by atoms with Crippen molar-refractivity contribution >= 4 is 39.8 Å². The summed E-state index contributed by atoms with van der Waals surface area (Å²) in [6.07, 6.45) is 0. The third kappa shape index (κ3) is 12.7. The Morgan fingerprint density at radius 1 is 1.17 bits per heavy atom. The molecule has 0 spiro atoms. The van der Waals surface area contributed by atoms with E-state index >= 15 is 0 Å². The predicted molar refractivity (Wildman–Crippen MR) is 68.3 cm³/mol. The van der Waals surface area contributed by atoms with Crippen LogP contribution in [0.1, 0.15) is 0 Å². The predicted octanol–water partition coefficient (Wildman–Crippen LogP) is -2.03. The zero-order valence-electron chi connectivity index (χ0n) is 7.95. The molecule has 0 aliphatic heterocycles. The van der Waals surface area contributed by atoms with Crippen molar-refractivity contribution in [2.75, 3.05) is 0 Å². The number of hydrogen-bond acceptors (Lipinski definition) is 2. The van der Waals surface area contributed by atoms with E-state index in [1.54, 1.807) is 0 Å².